The van der Waals surface area contributed by atoms with E-state index in [1.54, 1.807) is 25.1 Å². The van der Waals surface area contributed by atoms with Gasteiger partial charge in [-0.15, -0.1) is 0 Å². The zero-order chi connectivity index (χ0) is 15.6. The maximum Gasteiger partial charge on any atom is 0.256 e. The molecule has 0 aliphatic rings. The van der Waals surface area contributed by atoms with Crippen molar-refractivity contribution in [2.75, 3.05) is 0 Å². The molecule has 2 aromatic rings. The Kier molecular flexibility index (Phi) is 4.51. The van der Waals surface area contributed by atoms with Crippen molar-refractivity contribution in [2.45, 2.75) is 20.0 Å². The quantitative estimate of drug-likeness (QED) is 0.942. The number of benzene rings is 1. The number of carbonyl (C=O) groups excluding carboxylic acids is 1. The van der Waals surface area contributed by atoms with E-state index in [1.807, 2.05) is 19.1 Å². The van der Waals surface area contributed by atoms with Crippen LogP contribution in [0.1, 0.15) is 27.9 Å². The summed E-state index contributed by atoms with van der Waals surface area (Å²) in [6, 6.07) is 8.58. The van der Waals surface area contributed by atoms with Gasteiger partial charge in [0, 0.05) is 5.69 Å². The van der Waals surface area contributed by atoms with Gasteiger partial charge in [0.2, 0.25) is 6.17 Å². The first-order valence-electron chi connectivity index (χ1n) is 6.11. The van der Waals surface area contributed by atoms with Crippen molar-refractivity contribution in [3.05, 3.63) is 51.3 Å². The molecule has 1 heterocycles. The van der Waals surface area contributed by atoms with Crippen LogP contribution < -0.4 is 5.32 Å². The highest BCUT2D eigenvalue weighted by Gasteiger charge is 2.20. The van der Waals surface area contributed by atoms with Crippen LogP contribution in [0.4, 0.5) is 0 Å². The van der Waals surface area contributed by atoms with Gasteiger partial charge in [-0.3, -0.25) is 4.79 Å². The molecule has 0 saturated carbocycles. The minimum atomic E-state index is -0.932. The minimum absolute atomic E-state index is 0.141. The highest BCUT2D eigenvalue weighted by Crippen LogP contribution is 2.24. The van der Waals surface area contributed by atoms with Gasteiger partial charge in [0.05, 0.1) is 21.3 Å². The summed E-state index contributed by atoms with van der Waals surface area (Å²) in [6.07, 6.45) is -0.932. The first kappa shape index (κ1) is 15.4. The fourth-order valence-electron chi connectivity index (χ4n) is 1.97. The van der Waals surface area contributed by atoms with Crippen LogP contribution in [0.15, 0.2) is 24.3 Å². The summed E-state index contributed by atoms with van der Waals surface area (Å²) in [5.74, 6) is -0.523. The van der Waals surface area contributed by atoms with Gasteiger partial charge < -0.3 is 5.32 Å². The summed E-state index contributed by atoms with van der Waals surface area (Å²) in [5, 5.41) is 16.5. The second-order valence-corrected chi connectivity index (χ2v) is 5.29. The van der Waals surface area contributed by atoms with Gasteiger partial charge in [0.25, 0.3) is 5.91 Å². The van der Waals surface area contributed by atoms with E-state index in [2.05, 4.69) is 10.4 Å². The molecule has 1 aromatic carbocycles. The van der Waals surface area contributed by atoms with E-state index in [9.17, 15) is 10.1 Å². The maximum atomic E-state index is 12.3. The normalized spacial score (nSPS) is 11.8. The first-order valence-corrected chi connectivity index (χ1v) is 6.87. The number of aromatic nitrogens is 2. The fourth-order valence-corrected chi connectivity index (χ4v) is 2.54. The van der Waals surface area contributed by atoms with E-state index in [4.69, 9.17) is 23.2 Å². The lowest BCUT2D eigenvalue weighted by atomic mass is 10.2. The summed E-state index contributed by atoms with van der Waals surface area (Å²) in [7, 11) is 0. The van der Waals surface area contributed by atoms with E-state index in [1.165, 1.54) is 4.68 Å². The molecule has 21 heavy (non-hydrogen) atoms. The topological polar surface area (TPSA) is 70.7 Å². The number of rotatable bonds is 3. The van der Waals surface area contributed by atoms with Gasteiger partial charge in [-0.25, -0.2) is 4.68 Å². The van der Waals surface area contributed by atoms with Crippen LogP contribution in [0.3, 0.4) is 0 Å². The molecule has 0 fully saturated rings. The zero-order valence-electron chi connectivity index (χ0n) is 11.4. The van der Waals surface area contributed by atoms with Gasteiger partial charge in [-0.05, 0) is 32.0 Å². The van der Waals surface area contributed by atoms with E-state index in [-0.39, 0.29) is 15.6 Å². The minimum Gasteiger partial charge on any atom is -0.318 e. The molecule has 5 nitrogen and oxygen atoms in total. The molecular weight excluding hydrogens is 311 g/mol. The van der Waals surface area contributed by atoms with Crippen molar-refractivity contribution in [3.63, 3.8) is 0 Å². The highest BCUT2D eigenvalue weighted by atomic mass is 35.5. The monoisotopic (exact) mass is 322 g/mol. The number of nitrogens with one attached hydrogen (secondary N) is 1. The third-order valence-corrected chi connectivity index (χ3v) is 3.50. The molecule has 1 N–H and O–H groups in total. The Morgan fingerprint density at radius 2 is 2.00 bits per heavy atom. The molecule has 0 saturated heterocycles. The van der Waals surface area contributed by atoms with Crippen molar-refractivity contribution in [1.29, 1.82) is 5.26 Å². The van der Waals surface area contributed by atoms with E-state index < -0.39 is 12.1 Å². The van der Waals surface area contributed by atoms with Crippen molar-refractivity contribution < 1.29 is 4.79 Å². The van der Waals surface area contributed by atoms with Crippen molar-refractivity contribution >= 4 is 29.1 Å². The number of hydrogen-bond donors (Lipinski definition) is 1. The number of halogens is 2. The second-order valence-electron chi connectivity index (χ2n) is 4.47. The standard InChI is InChI=1S/C14H12Cl2N4O/c1-8-6-9(2)20(19-8)12(7-17)18-14(21)13-10(15)4-3-5-11(13)16/h3-6,12H,1-2H3,(H,18,21). The average molecular weight is 323 g/mol. The van der Waals surface area contributed by atoms with Gasteiger partial charge >= 0.3 is 0 Å². The largest absolute Gasteiger partial charge is 0.318 e. The number of amides is 1. The molecule has 1 aromatic heterocycles. The Morgan fingerprint density at radius 1 is 1.38 bits per heavy atom. The van der Waals surface area contributed by atoms with Gasteiger partial charge in [-0.1, -0.05) is 29.3 Å². The van der Waals surface area contributed by atoms with Gasteiger partial charge in [0.1, 0.15) is 6.07 Å². The zero-order valence-corrected chi connectivity index (χ0v) is 12.9. The van der Waals surface area contributed by atoms with E-state index in [0.717, 1.165) is 11.4 Å². The summed E-state index contributed by atoms with van der Waals surface area (Å²) >= 11 is 12.0. The molecule has 0 spiro atoms. The lowest BCUT2D eigenvalue weighted by Crippen LogP contribution is -2.33. The SMILES string of the molecule is Cc1cc(C)n(C(C#N)NC(=O)c2c(Cl)cccc2Cl)n1. The molecule has 0 aliphatic carbocycles. The Hall–Kier alpha value is -2.03. The van der Waals surface area contributed by atoms with Crippen LogP contribution in [0, 0.1) is 25.2 Å². The van der Waals surface area contributed by atoms with E-state index in [0.29, 0.717) is 0 Å². The van der Waals surface area contributed by atoms with E-state index >= 15 is 0 Å². The lowest BCUT2D eigenvalue weighted by molar-refractivity contribution is 0.0930. The van der Waals surface area contributed by atoms with Crippen LogP contribution in [0.25, 0.3) is 0 Å². The first-order chi connectivity index (χ1) is 9.93. The number of aryl methyl sites for hydroxylation is 2. The summed E-state index contributed by atoms with van der Waals surface area (Å²) in [5.41, 5.74) is 1.67. The van der Waals surface area contributed by atoms with Crippen molar-refractivity contribution in [1.82, 2.24) is 15.1 Å². The molecule has 0 bridgehead atoms. The van der Waals surface area contributed by atoms with Crippen LogP contribution in [0.5, 0.6) is 0 Å². The maximum absolute atomic E-state index is 12.3. The molecule has 1 unspecified atom stereocenters. The number of nitriles is 1. The van der Waals surface area contributed by atoms with Crippen molar-refractivity contribution in [3.8, 4) is 6.07 Å². The predicted molar refractivity (Wildman–Crippen MR) is 80.3 cm³/mol. The smallest absolute Gasteiger partial charge is 0.256 e. The molecular formula is C14H12Cl2N4O. The number of carbonyl (C=O) groups is 1. The van der Waals surface area contributed by atoms with Gasteiger partial charge in [-0.2, -0.15) is 10.4 Å². The highest BCUT2D eigenvalue weighted by molar-refractivity contribution is 6.39. The third-order valence-electron chi connectivity index (χ3n) is 2.87. The Balaban J connectivity index is 2.30. The third kappa shape index (κ3) is 3.18. The molecule has 1 amide bonds. The molecule has 0 aliphatic heterocycles. The average Bonchev–Trinajstić information content (AvgIpc) is 2.74. The summed E-state index contributed by atoms with van der Waals surface area (Å²) < 4.78 is 1.44. The fraction of sp³-hybridized carbons (Fsp3) is 0.214. The van der Waals surface area contributed by atoms with Crippen LogP contribution in [0.2, 0.25) is 10.0 Å². The number of nitrogens with zero attached hydrogens (tertiary/aromatic N) is 3. The molecule has 7 heteroatoms. The summed E-state index contributed by atoms with van der Waals surface area (Å²) in [4.78, 5) is 12.3. The Morgan fingerprint density at radius 3 is 2.48 bits per heavy atom. The lowest BCUT2D eigenvalue weighted by Gasteiger charge is -2.15. The van der Waals surface area contributed by atoms with Crippen LogP contribution in [-0.4, -0.2) is 15.7 Å². The van der Waals surface area contributed by atoms with Crippen molar-refractivity contribution in [2.24, 2.45) is 0 Å². The Labute approximate surface area is 132 Å². The predicted octanol–water partition coefficient (Wildman–Crippen LogP) is 3.26. The number of hydrogen-bond acceptors (Lipinski definition) is 3. The molecule has 1 atom stereocenters. The van der Waals surface area contributed by atoms with Crippen LogP contribution >= 0.6 is 23.2 Å². The van der Waals surface area contributed by atoms with Gasteiger partial charge in [0.15, 0.2) is 0 Å². The molecule has 2 rings (SSSR count). The molecule has 108 valence electrons. The second kappa shape index (κ2) is 6.17. The Bertz CT molecular complexity index is 713. The molecule has 0 radical (unpaired) electrons. The summed E-state index contributed by atoms with van der Waals surface area (Å²) in [6.45, 7) is 3.61. The van der Waals surface area contributed by atoms with Crippen LogP contribution in [-0.2, 0) is 0 Å².